The standard InChI is InChI=1S/C18H12Br6O3/c19-15(17(21,22)26-15)13(11-7-3-1-4-8-11)25-14(12-9-5-2-6-10-12)16(20)18(23,24)27-16/h1-10,13-14H. The normalized spacial score (nSPS) is 32.5. The van der Waals surface area contributed by atoms with Crippen molar-refractivity contribution in [1.29, 1.82) is 0 Å². The van der Waals surface area contributed by atoms with Crippen molar-refractivity contribution in [3.8, 4) is 0 Å². The molecule has 2 aliphatic rings. The van der Waals surface area contributed by atoms with Crippen LogP contribution in [0.3, 0.4) is 0 Å². The Balaban J connectivity index is 1.74. The van der Waals surface area contributed by atoms with Gasteiger partial charge in [-0.1, -0.05) is 60.7 Å². The van der Waals surface area contributed by atoms with E-state index >= 15 is 0 Å². The minimum atomic E-state index is -0.784. The second-order valence-corrected chi connectivity index (χ2v) is 15.2. The molecule has 9 heteroatoms. The molecule has 4 rings (SSSR count). The molecule has 0 amide bonds. The first-order valence-corrected chi connectivity index (χ1v) is 12.7. The summed E-state index contributed by atoms with van der Waals surface area (Å²) >= 11 is 21.6. The van der Waals surface area contributed by atoms with Crippen LogP contribution in [-0.2, 0) is 14.2 Å². The zero-order chi connectivity index (χ0) is 19.5. The van der Waals surface area contributed by atoms with E-state index in [0.717, 1.165) is 11.1 Å². The van der Waals surface area contributed by atoms with Crippen LogP contribution >= 0.6 is 95.6 Å². The van der Waals surface area contributed by atoms with Gasteiger partial charge in [-0.05, 0) is 107 Å². The van der Waals surface area contributed by atoms with Crippen LogP contribution in [0.1, 0.15) is 23.3 Å². The van der Waals surface area contributed by atoms with Crippen molar-refractivity contribution in [2.45, 2.75) is 28.1 Å². The van der Waals surface area contributed by atoms with Gasteiger partial charge in [0.05, 0.1) is 0 Å². The van der Waals surface area contributed by atoms with Crippen LogP contribution in [0.2, 0.25) is 0 Å². The minimum absolute atomic E-state index is 0.433. The molecule has 0 bridgehead atoms. The van der Waals surface area contributed by atoms with Crippen LogP contribution in [0.4, 0.5) is 0 Å². The summed E-state index contributed by atoms with van der Waals surface area (Å²) in [6, 6.07) is 19.9. The van der Waals surface area contributed by atoms with E-state index in [2.05, 4.69) is 95.6 Å². The van der Waals surface area contributed by atoms with Gasteiger partial charge in [0, 0.05) is 0 Å². The molecule has 0 aliphatic carbocycles. The molecular weight excluding hydrogens is 744 g/mol. The van der Waals surface area contributed by atoms with Crippen molar-refractivity contribution < 1.29 is 14.2 Å². The number of rotatable bonds is 6. The van der Waals surface area contributed by atoms with E-state index in [1.54, 1.807) is 0 Å². The van der Waals surface area contributed by atoms with E-state index in [-0.39, 0.29) is 0 Å². The van der Waals surface area contributed by atoms with Crippen molar-refractivity contribution in [2.24, 2.45) is 0 Å². The maximum absolute atomic E-state index is 6.68. The first-order valence-electron chi connectivity index (χ1n) is 7.90. The van der Waals surface area contributed by atoms with Crippen molar-refractivity contribution in [2.75, 3.05) is 0 Å². The van der Waals surface area contributed by atoms with E-state index < -0.39 is 28.1 Å². The van der Waals surface area contributed by atoms with Crippen LogP contribution in [0.25, 0.3) is 0 Å². The van der Waals surface area contributed by atoms with E-state index in [1.807, 2.05) is 60.7 Å². The SMILES string of the molecule is BrC1(Br)OC1(Br)C(OC(c1ccccc1)C1(Br)OC1(Br)Br)c1ccccc1. The lowest BCUT2D eigenvalue weighted by Gasteiger charge is -2.30. The van der Waals surface area contributed by atoms with Gasteiger partial charge in [-0.25, -0.2) is 0 Å². The molecular formula is C18H12Br6O3. The highest BCUT2D eigenvalue weighted by molar-refractivity contribution is 9.27. The highest BCUT2D eigenvalue weighted by Gasteiger charge is 2.75. The van der Waals surface area contributed by atoms with Gasteiger partial charge in [0.15, 0.2) is 0 Å². The molecule has 0 radical (unpaired) electrons. The Labute approximate surface area is 207 Å². The second kappa shape index (κ2) is 7.41. The van der Waals surface area contributed by atoms with E-state index in [4.69, 9.17) is 14.2 Å². The predicted octanol–water partition coefficient (Wildman–Crippen LogP) is 7.62. The largest absolute Gasteiger partial charge is 0.357 e. The van der Waals surface area contributed by atoms with Gasteiger partial charge in [0.2, 0.25) is 15.9 Å². The maximum Gasteiger partial charge on any atom is 0.221 e. The number of benzene rings is 2. The summed E-state index contributed by atoms with van der Waals surface area (Å²) in [6.07, 6.45) is -0.867. The Morgan fingerprint density at radius 2 is 0.889 bits per heavy atom. The second-order valence-electron chi connectivity index (χ2n) is 6.25. The number of epoxide rings is 2. The molecule has 2 saturated heterocycles. The molecule has 2 fully saturated rings. The molecule has 3 nitrogen and oxygen atoms in total. The molecule has 0 N–H and O–H groups in total. The lowest BCUT2D eigenvalue weighted by atomic mass is 10.0. The Kier molecular flexibility index (Phi) is 5.88. The summed E-state index contributed by atoms with van der Waals surface area (Å²) in [5.74, 6) is 0. The number of halogens is 6. The Morgan fingerprint density at radius 3 is 1.15 bits per heavy atom. The Hall–Kier alpha value is 1.20. The van der Waals surface area contributed by atoms with Crippen LogP contribution in [0.15, 0.2) is 60.7 Å². The fourth-order valence-electron chi connectivity index (χ4n) is 2.89. The minimum Gasteiger partial charge on any atom is -0.357 e. The van der Waals surface area contributed by atoms with Crippen LogP contribution in [0, 0.1) is 0 Å². The topological polar surface area (TPSA) is 34.3 Å². The van der Waals surface area contributed by atoms with E-state index in [1.165, 1.54) is 0 Å². The average molecular weight is 756 g/mol. The third-order valence-corrected chi connectivity index (χ3v) is 11.8. The van der Waals surface area contributed by atoms with Crippen molar-refractivity contribution in [1.82, 2.24) is 0 Å². The predicted molar refractivity (Wildman–Crippen MR) is 126 cm³/mol. The van der Waals surface area contributed by atoms with Gasteiger partial charge < -0.3 is 14.2 Å². The molecule has 2 aromatic carbocycles. The molecule has 2 aromatic rings. The molecule has 2 heterocycles. The Morgan fingerprint density at radius 1 is 0.593 bits per heavy atom. The smallest absolute Gasteiger partial charge is 0.221 e. The fraction of sp³-hybridized carbons (Fsp3) is 0.333. The average Bonchev–Trinajstić information content (AvgIpc) is 3.36. The third kappa shape index (κ3) is 3.82. The van der Waals surface area contributed by atoms with Crippen molar-refractivity contribution >= 4 is 95.6 Å². The lowest BCUT2D eigenvalue weighted by Crippen LogP contribution is -2.30. The van der Waals surface area contributed by atoms with Crippen LogP contribution < -0.4 is 0 Å². The molecule has 4 atom stereocenters. The summed E-state index contributed by atoms with van der Waals surface area (Å²) in [4.78, 5) is 0. The van der Waals surface area contributed by atoms with E-state index in [0.29, 0.717) is 0 Å². The van der Waals surface area contributed by atoms with Crippen LogP contribution in [0.5, 0.6) is 0 Å². The maximum atomic E-state index is 6.68. The monoisotopic (exact) mass is 750 g/mol. The van der Waals surface area contributed by atoms with Gasteiger partial charge in [0.1, 0.15) is 12.2 Å². The fourth-order valence-corrected chi connectivity index (χ4v) is 6.84. The first kappa shape index (κ1) is 21.4. The number of hydrogen-bond donors (Lipinski definition) is 0. The molecule has 27 heavy (non-hydrogen) atoms. The van der Waals surface area contributed by atoms with Gasteiger partial charge in [-0.2, -0.15) is 0 Å². The van der Waals surface area contributed by atoms with Gasteiger partial charge in [0.25, 0.3) is 0 Å². The highest BCUT2D eigenvalue weighted by Crippen LogP contribution is 2.71. The third-order valence-electron chi connectivity index (χ3n) is 4.42. The highest BCUT2D eigenvalue weighted by atomic mass is 79.9. The van der Waals surface area contributed by atoms with Crippen molar-refractivity contribution in [3.63, 3.8) is 0 Å². The van der Waals surface area contributed by atoms with Gasteiger partial charge >= 0.3 is 0 Å². The quantitative estimate of drug-likeness (QED) is 0.225. The number of hydrogen-bond acceptors (Lipinski definition) is 3. The Bertz CT molecular complexity index is 764. The summed E-state index contributed by atoms with van der Waals surface area (Å²) < 4.78 is 15.4. The van der Waals surface area contributed by atoms with Gasteiger partial charge in [-0.3, -0.25) is 0 Å². The zero-order valence-electron chi connectivity index (χ0n) is 13.4. The van der Waals surface area contributed by atoms with E-state index in [9.17, 15) is 0 Å². The van der Waals surface area contributed by atoms with Crippen LogP contribution in [-0.4, -0.2) is 15.9 Å². The molecule has 2 aliphatic heterocycles. The zero-order valence-corrected chi connectivity index (χ0v) is 22.9. The molecule has 0 saturated carbocycles. The summed E-state index contributed by atoms with van der Waals surface area (Å²) in [6.45, 7) is 0. The lowest BCUT2D eigenvalue weighted by molar-refractivity contribution is -0.0524. The number of alkyl halides is 6. The molecule has 0 aromatic heterocycles. The first-order chi connectivity index (χ1) is 12.6. The van der Waals surface area contributed by atoms with Gasteiger partial charge in [-0.15, -0.1) is 0 Å². The molecule has 144 valence electrons. The summed E-state index contributed by atoms with van der Waals surface area (Å²) in [7, 11) is 0. The summed E-state index contributed by atoms with van der Waals surface area (Å²) in [5, 5.41) is 0. The summed E-state index contributed by atoms with van der Waals surface area (Å²) in [5.41, 5.74) is 1.95. The van der Waals surface area contributed by atoms with Crippen molar-refractivity contribution in [3.05, 3.63) is 71.8 Å². The number of ether oxygens (including phenoxy) is 3. The molecule has 4 unspecified atom stereocenters. The molecule has 0 spiro atoms.